The van der Waals surface area contributed by atoms with Crippen molar-refractivity contribution in [3.05, 3.63) is 41.2 Å². The molecule has 0 radical (unpaired) electrons. The largest absolute Gasteiger partial charge is 0.447 e. The highest BCUT2D eigenvalue weighted by Crippen LogP contribution is 2.55. The standard InChI is InChI=1S/C30H38ClN7O3/c1-7-23(39)36-15-30(16-36)12-20(13-30)38-19(3)24(25-21-14-32-33-22(21)11-18(2)26(25)31)27(34-38)37-10-8-9-35(6)28(40)41-17-29(37,4)5/h7,11,14,20H,1,8-10,12-13,15-17H2,2-6H3,(H,32,33). The fourth-order valence-corrected chi connectivity index (χ4v) is 7.13. The van der Waals surface area contributed by atoms with Crippen molar-refractivity contribution < 1.29 is 14.3 Å². The molecule has 10 nitrogen and oxygen atoms in total. The number of carbonyl (C=O) groups excluding carboxylic acids is 2. The molecule has 1 aliphatic carbocycles. The van der Waals surface area contributed by atoms with Crippen molar-refractivity contribution >= 4 is 40.3 Å². The molecule has 4 heterocycles. The Morgan fingerprint density at radius 2 is 1.95 bits per heavy atom. The van der Waals surface area contributed by atoms with Gasteiger partial charge in [0.15, 0.2) is 5.82 Å². The van der Waals surface area contributed by atoms with Gasteiger partial charge in [-0.15, -0.1) is 0 Å². The first-order valence-corrected chi connectivity index (χ1v) is 14.6. The second-order valence-corrected chi connectivity index (χ2v) is 13.1. The number of cyclic esters (lactones) is 1. The van der Waals surface area contributed by atoms with Gasteiger partial charge in [0.2, 0.25) is 5.91 Å². The summed E-state index contributed by atoms with van der Waals surface area (Å²) < 4.78 is 7.89. The van der Waals surface area contributed by atoms with Gasteiger partial charge >= 0.3 is 6.09 Å². The van der Waals surface area contributed by atoms with Crippen molar-refractivity contribution in [2.24, 2.45) is 5.41 Å². The summed E-state index contributed by atoms with van der Waals surface area (Å²) in [5.41, 5.74) is 4.45. The van der Waals surface area contributed by atoms with E-state index in [-0.39, 0.29) is 30.1 Å². The lowest BCUT2D eigenvalue weighted by atomic mass is 9.60. The molecule has 1 spiro atoms. The van der Waals surface area contributed by atoms with Crippen LogP contribution in [-0.2, 0) is 9.53 Å². The van der Waals surface area contributed by atoms with Gasteiger partial charge in [0.25, 0.3) is 0 Å². The van der Waals surface area contributed by atoms with E-state index >= 15 is 0 Å². The molecule has 0 atom stereocenters. The van der Waals surface area contributed by atoms with Crippen LogP contribution in [-0.4, -0.2) is 87.2 Å². The summed E-state index contributed by atoms with van der Waals surface area (Å²) in [6, 6.07) is 2.24. The number of ether oxygens (including phenoxy) is 1. The smallest absolute Gasteiger partial charge is 0.409 e. The third-order valence-electron chi connectivity index (χ3n) is 9.19. The number of likely N-dealkylation sites (tertiary alicyclic amines) is 1. The number of halogens is 1. The summed E-state index contributed by atoms with van der Waals surface area (Å²) in [6.45, 7) is 15.0. The summed E-state index contributed by atoms with van der Waals surface area (Å²) in [6.07, 6.45) is 5.60. The van der Waals surface area contributed by atoms with Crippen molar-refractivity contribution in [1.82, 2.24) is 29.8 Å². The highest BCUT2D eigenvalue weighted by molar-refractivity contribution is 6.36. The lowest BCUT2D eigenvalue weighted by Crippen LogP contribution is -2.63. The zero-order chi connectivity index (χ0) is 29.3. The summed E-state index contributed by atoms with van der Waals surface area (Å²) in [7, 11) is 1.77. The van der Waals surface area contributed by atoms with Crippen LogP contribution in [0.4, 0.5) is 10.6 Å². The second-order valence-electron chi connectivity index (χ2n) is 12.7. The Morgan fingerprint density at radius 1 is 1.22 bits per heavy atom. The van der Waals surface area contributed by atoms with Gasteiger partial charge in [-0.25, -0.2) is 4.79 Å². The van der Waals surface area contributed by atoms with E-state index in [4.69, 9.17) is 21.4 Å². The van der Waals surface area contributed by atoms with E-state index < -0.39 is 5.54 Å². The van der Waals surface area contributed by atoms with E-state index in [0.29, 0.717) is 18.1 Å². The SMILES string of the molecule is C=CC(=O)N1CC2(CC(n3nc(N4CCCN(C)C(=O)OCC4(C)C)c(-c4c(Cl)c(C)cc5[nH]ncc45)c3C)C2)C1. The number of aromatic nitrogens is 4. The van der Waals surface area contributed by atoms with Gasteiger partial charge in [0.05, 0.1) is 28.3 Å². The monoisotopic (exact) mass is 579 g/mol. The number of rotatable bonds is 4. The third-order valence-corrected chi connectivity index (χ3v) is 9.68. The number of hydrogen-bond acceptors (Lipinski definition) is 6. The highest BCUT2D eigenvalue weighted by atomic mass is 35.5. The number of anilines is 1. The van der Waals surface area contributed by atoms with Crippen LogP contribution in [0.1, 0.15) is 50.4 Å². The summed E-state index contributed by atoms with van der Waals surface area (Å²) in [4.78, 5) is 30.4. The Bertz CT molecular complexity index is 1540. The zero-order valence-corrected chi connectivity index (χ0v) is 25.2. The minimum absolute atomic E-state index is 0.00119. The van der Waals surface area contributed by atoms with Gasteiger partial charge in [-0.1, -0.05) is 18.2 Å². The molecule has 2 amide bonds. The molecule has 2 saturated heterocycles. The van der Waals surface area contributed by atoms with E-state index in [0.717, 1.165) is 71.5 Å². The minimum atomic E-state index is -0.520. The summed E-state index contributed by atoms with van der Waals surface area (Å²) in [5.74, 6) is 0.833. The number of carbonyl (C=O) groups is 2. The van der Waals surface area contributed by atoms with Gasteiger partial charge in [0.1, 0.15) is 6.61 Å². The lowest BCUT2D eigenvalue weighted by Gasteiger charge is -2.58. The van der Waals surface area contributed by atoms with Crippen LogP contribution in [0.25, 0.3) is 22.0 Å². The fraction of sp³-hybridized carbons (Fsp3) is 0.533. The molecule has 0 unspecified atom stereocenters. The molecule has 3 aliphatic rings. The van der Waals surface area contributed by atoms with E-state index in [1.54, 1.807) is 11.9 Å². The summed E-state index contributed by atoms with van der Waals surface area (Å²) in [5, 5.41) is 14.4. The second kappa shape index (κ2) is 9.79. The van der Waals surface area contributed by atoms with Crippen LogP contribution in [0.3, 0.4) is 0 Å². The Kier molecular flexibility index (Phi) is 6.60. The number of aromatic amines is 1. The number of benzene rings is 1. The van der Waals surface area contributed by atoms with Crippen LogP contribution in [0.5, 0.6) is 0 Å². The number of nitrogens with one attached hydrogen (secondary N) is 1. The Morgan fingerprint density at radius 3 is 2.66 bits per heavy atom. The Labute approximate surface area is 245 Å². The lowest BCUT2D eigenvalue weighted by molar-refractivity contribution is -0.149. The van der Waals surface area contributed by atoms with E-state index in [2.05, 4.69) is 47.1 Å². The molecule has 1 saturated carbocycles. The van der Waals surface area contributed by atoms with Crippen LogP contribution in [0.15, 0.2) is 24.9 Å². The molecule has 1 N–H and O–H groups in total. The van der Waals surface area contributed by atoms with Gasteiger partial charge in [-0.3, -0.25) is 14.6 Å². The number of fused-ring (bicyclic) bond motifs is 1. The van der Waals surface area contributed by atoms with Crippen LogP contribution in [0.2, 0.25) is 5.02 Å². The maximum absolute atomic E-state index is 12.5. The number of nitrogens with zero attached hydrogens (tertiary/aromatic N) is 6. The van der Waals surface area contributed by atoms with Crippen LogP contribution < -0.4 is 4.90 Å². The number of amides is 2. The maximum atomic E-state index is 12.5. The molecule has 3 aromatic rings. The maximum Gasteiger partial charge on any atom is 0.409 e. The molecule has 11 heteroatoms. The molecule has 41 heavy (non-hydrogen) atoms. The first-order valence-electron chi connectivity index (χ1n) is 14.2. The normalized spacial score (nSPS) is 20.7. The van der Waals surface area contributed by atoms with E-state index in [9.17, 15) is 9.59 Å². The Hall–Kier alpha value is -3.53. The van der Waals surface area contributed by atoms with Crippen LogP contribution >= 0.6 is 11.6 Å². The topological polar surface area (TPSA) is 99.6 Å². The van der Waals surface area contributed by atoms with Crippen molar-refractivity contribution in [2.45, 2.75) is 58.5 Å². The van der Waals surface area contributed by atoms with E-state index in [1.807, 2.05) is 24.1 Å². The fourth-order valence-electron chi connectivity index (χ4n) is 6.88. The molecule has 0 bridgehead atoms. The minimum Gasteiger partial charge on any atom is -0.447 e. The van der Waals surface area contributed by atoms with Gasteiger partial charge < -0.3 is 19.4 Å². The highest BCUT2D eigenvalue weighted by Gasteiger charge is 2.54. The predicted octanol–water partition coefficient (Wildman–Crippen LogP) is 5.10. The first kappa shape index (κ1) is 27.6. The molecule has 218 valence electrons. The Balaban J connectivity index is 1.45. The quantitative estimate of drug-likeness (QED) is 0.432. The number of aryl methyl sites for hydroxylation is 1. The zero-order valence-electron chi connectivity index (χ0n) is 24.5. The van der Waals surface area contributed by atoms with Crippen molar-refractivity contribution in [1.29, 1.82) is 0 Å². The van der Waals surface area contributed by atoms with Crippen molar-refractivity contribution in [2.75, 3.05) is 44.7 Å². The molecular formula is C30H38ClN7O3. The molecule has 6 rings (SSSR count). The number of H-pyrrole nitrogens is 1. The molecule has 2 aromatic heterocycles. The predicted molar refractivity (Wildman–Crippen MR) is 159 cm³/mol. The van der Waals surface area contributed by atoms with E-state index in [1.165, 1.54) is 6.08 Å². The average Bonchev–Trinajstić information content (AvgIpc) is 3.48. The number of hydrogen-bond donors (Lipinski definition) is 1. The van der Waals surface area contributed by atoms with Gasteiger partial charge in [-0.2, -0.15) is 10.2 Å². The molecule has 2 aliphatic heterocycles. The third kappa shape index (κ3) is 4.47. The van der Waals surface area contributed by atoms with Crippen molar-refractivity contribution in [3.63, 3.8) is 0 Å². The van der Waals surface area contributed by atoms with Crippen molar-refractivity contribution in [3.8, 4) is 11.1 Å². The van der Waals surface area contributed by atoms with Gasteiger partial charge in [0, 0.05) is 60.8 Å². The van der Waals surface area contributed by atoms with Crippen LogP contribution in [0, 0.1) is 19.3 Å². The van der Waals surface area contributed by atoms with Gasteiger partial charge in [-0.05, 0) is 64.7 Å². The summed E-state index contributed by atoms with van der Waals surface area (Å²) >= 11 is 7.09. The molecule has 3 fully saturated rings. The molecule has 1 aromatic carbocycles. The molecular weight excluding hydrogens is 542 g/mol. The average molecular weight is 580 g/mol. The first-order chi connectivity index (χ1) is 19.4.